The summed E-state index contributed by atoms with van der Waals surface area (Å²) in [6, 6.07) is 5.66. The number of nitrogens with two attached hydrogens (primary N) is 1. The van der Waals surface area contributed by atoms with Crippen molar-refractivity contribution < 1.29 is 9.18 Å². The second-order valence-electron chi connectivity index (χ2n) is 4.73. The van der Waals surface area contributed by atoms with Crippen molar-refractivity contribution in [2.75, 3.05) is 7.05 Å². The highest BCUT2D eigenvalue weighted by Gasteiger charge is 2.22. The van der Waals surface area contributed by atoms with Gasteiger partial charge in [-0.3, -0.25) is 4.79 Å². The van der Waals surface area contributed by atoms with E-state index in [0.717, 1.165) is 12.0 Å². The zero-order chi connectivity index (χ0) is 13.7. The summed E-state index contributed by atoms with van der Waals surface area (Å²) in [5.74, 6) is -0.189. The predicted octanol–water partition coefficient (Wildman–Crippen LogP) is 2.16. The molecule has 4 heteroatoms. The maximum Gasteiger partial charge on any atom is 0.239 e. The highest BCUT2D eigenvalue weighted by atomic mass is 19.1. The summed E-state index contributed by atoms with van der Waals surface area (Å²) in [6.45, 7) is 4.43. The lowest BCUT2D eigenvalue weighted by Crippen LogP contribution is -2.45. The van der Waals surface area contributed by atoms with Crippen LogP contribution in [0.5, 0.6) is 0 Å². The van der Waals surface area contributed by atoms with E-state index in [2.05, 4.69) is 0 Å². The number of halogens is 1. The number of benzene rings is 1. The van der Waals surface area contributed by atoms with Crippen molar-refractivity contribution in [3.8, 4) is 0 Å². The largest absolute Gasteiger partial charge is 0.340 e. The molecule has 0 aliphatic carbocycles. The molecule has 0 saturated carbocycles. The second-order valence-corrected chi connectivity index (χ2v) is 4.73. The van der Waals surface area contributed by atoms with E-state index < -0.39 is 6.04 Å². The van der Waals surface area contributed by atoms with E-state index in [4.69, 9.17) is 5.73 Å². The smallest absolute Gasteiger partial charge is 0.239 e. The Morgan fingerprint density at radius 1 is 1.39 bits per heavy atom. The molecule has 0 aliphatic rings. The molecule has 0 fully saturated rings. The molecule has 1 aromatic rings. The van der Waals surface area contributed by atoms with Crippen LogP contribution in [0.3, 0.4) is 0 Å². The normalized spacial score (nSPS) is 14.1. The van der Waals surface area contributed by atoms with Crippen LogP contribution >= 0.6 is 0 Å². The number of amides is 1. The number of rotatable bonds is 5. The highest BCUT2D eigenvalue weighted by molar-refractivity contribution is 5.81. The summed E-state index contributed by atoms with van der Waals surface area (Å²) in [6.07, 6.45) is 0.872. The molecule has 1 aromatic carbocycles. The SMILES string of the molecule is CCC(C)C(N)C(=O)N(C)Cc1ccc(F)cc1. The Hall–Kier alpha value is -1.42. The maximum atomic E-state index is 12.8. The van der Waals surface area contributed by atoms with Gasteiger partial charge in [-0.15, -0.1) is 0 Å². The van der Waals surface area contributed by atoms with Crippen LogP contribution in [0.15, 0.2) is 24.3 Å². The third-order valence-corrected chi connectivity index (χ3v) is 3.25. The Kier molecular flexibility index (Phi) is 5.28. The minimum Gasteiger partial charge on any atom is -0.340 e. The van der Waals surface area contributed by atoms with Crippen LogP contribution in [0.25, 0.3) is 0 Å². The van der Waals surface area contributed by atoms with Crippen LogP contribution in [-0.2, 0) is 11.3 Å². The second kappa shape index (κ2) is 6.50. The summed E-state index contributed by atoms with van der Waals surface area (Å²) in [7, 11) is 1.72. The minimum atomic E-state index is -0.472. The Morgan fingerprint density at radius 2 is 1.94 bits per heavy atom. The topological polar surface area (TPSA) is 46.3 Å². The Morgan fingerprint density at radius 3 is 2.44 bits per heavy atom. The van der Waals surface area contributed by atoms with Gasteiger partial charge in [0.25, 0.3) is 0 Å². The van der Waals surface area contributed by atoms with Crippen LogP contribution in [0.4, 0.5) is 4.39 Å². The molecular weight excluding hydrogens is 231 g/mol. The van der Waals surface area contributed by atoms with E-state index in [1.165, 1.54) is 12.1 Å². The number of likely N-dealkylation sites (N-methyl/N-ethyl adjacent to an activating group) is 1. The predicted molar refractivity (Wildman–Crippen MR) is 70.3 cm³/mol. The van der Waals surface area contributed by atoms with Gasteiger partial charge in [0.2, 0.25) is 5.91 Å². The molecule has 18 heavy (non-hydrogen) atoms. The minimum absolute atomic E-state index is 0.0753. The molecule has 2 N–H and O–H groups in total. The number of carbonyl (C=O) groups excluding carboxylic acids is 1. The number of hydrogen-bond acceptors (Lipinski definition) is 2. The summed E-state index contributed by atoms with van der Waals surface area (Å²) in [5, 5.41) is 0. The average molecular weight is 252 g/mol. The molecule has 0 radical (unpaired) electrons. The van der Waals surface area contributed by atoms with Gasteiger partial charge in [0.1, 0.15) is 5.82 Å². The standard InChI is InChI=1S/C14H21FN2O/c1-4-10(2)13(16)14(18)17(3)9-11-5-7-12(15)8-6-11/h5-8,10,13H,4,9,16H2,1-3H3. The van der Waals surface area contributed by atoms with E-state index >= 15 is 0 Å². The van der Waals surface area contributed by atoms with Crippen LogP contribution < -0.4 is 5.73 Å². The molecule has 100 valence electrons. The van der Waals surface area contributed by atoms with Crippen LogP contribution in [0, 0.1) is 11.7 Å². The molecule has 1 amide bonds. The van der Waals surface area contributed by atoms with E-state index in [9.17, 15) is 9.18 Å². The summed E-state index contributed by atoms with van der Waals surface area (Å²) in [4.78, 5) is 13.6. The van der Waals surface area contributed by atoms with Crippen LogP contribution in [0.2, 0.25) is 0 Å². The highest BCUT2D eigenvalue weighted by Crippen LogP contribution is 2.10. The molecular formula is C14H21FN2O. The van der Waals surface area contributed by atoms with Gasteiger partial charge in [0, 0.05) is 13.6 Å². The molecule has 0 aliphatic heterocycles. The fourth-order valence-electron chi connectivity index (χ4n) is 1.69. The third-order valence-electron chi connectivity index (χ3n) is 3.25. The molecule has 0 bridgehead atoms. The molecule has 3 nitrogen and oxygen atoms in total. The van der Waals surface area contributed by atoms with Gasteiger partial charge in [-0.05, 0) is 23.6 Å². The first-order chi connectivity index (χ1) is 8.45. The fourth-order valence-corrected chi connectivity index (χ4v) is 1.69. The van der Waals surface area contributed by atoms with E-state index in [1.807, 2.05) is 13.8 Å². The first-order valence-electron chi connectivity index (χ1n) is 6.20. The van der Waals surface area contributed by atoms with Crippen molar-refractivity contribution in [2.45, 2.75) is 32.9 Å². The molecule has 0 heterocycles. The number of nitrogens with zero attached hydrogens (tertiary/aromatic N) is 1. The molecule has 0 saturated heterocycles. The van der Waals surface area contributed by atoms with Crippen molar-refractivity contribution in [3.63, 3.8) is 0 Å². The van der Waals surface area contributed by atoms with Gasteiger partial charge in [0.05, 0.1) is 6.04 Å². The van der Waals surface area contributed by atoms with Crippen molar-refractivity contribution in [1.82, 2.24) is 4.90 Å². The van der Waals surface area contributed by atoms with E-state index in [-0.39, 0.29) is 17.6 Å². The summed E-state index contributed by atoms with van der Waals surface area (Å²) in [5.41, 5.74) is 6.79. The molecule has 1 rings (SSSR count). The maximum absolute atomic E-state index is 12.8. The summed E-state index contributed by atoms with van der Waals surface area (Å²) < 4.78 is 12.8. The number of carbonyl (C=O) groups is 1. The lowest BCUT2D eigenvalue weighted by Gasteiger charge is -2.24. The van der Waals surface area contributed by atoms with Crippen LogP contribution in [0.1, 0.15) is 25.8 Å². The monoisotopic (exact) mass is 252 g/mol. The van der Waals surface area contributed by atoms with E-state index in [0.29, 0.717) is 6.54 Å². The molecule has 2 atom stereocenters. The van der Waals surface area contributed by atoms with Crippen LogP contribution in [-0.4, -0.2) is 23.9 Å². The number of hydrogen-bond donors (Lipinski definition) is 1. The zero-order valence-corrected chi connectivity index (χ0v) is 11.2. The quantitative estimate of drug-likeness (QED) is 0.873. The van der Waals surface area contributed by atoms with Crippen molar-refractivity contribution in [1.29, 1.82) is 0 Å². The average Bonchev–Trinajstić information content (AvgIpc) is 2.38. The summed E-state index contributed by atoms with van der Waals surface area (Å²) >= 11 is 0. The Labute approximate surface area is 108 Å². The lowest BCUT2D eigenvalue weighted by atomic mass is 9.99. The zero-order valence-electron chi connectivity index (χ0n) is 11.2. The van der Waals surface area contributed by atoms with E-state index in [1.54, 1.807) is 24.1 Å². The first kappa shape index (κ1) is 14.6. The van der Waals surface area contributed by atoms with Gasteiger partial charge in [-0.2, -0.15) is 0 Å². The lowest BCUT2D eigenvalue weighted by molar-refractivity contribution is -0.132. The molecule has 2 unspecified atom stereocenters. The Balaban J connectivity index is 2.62. The van der Waals surface area contributed by atoms with Crippen molar-refractivity contribution in [3.05, 3.63) is 35.6 Å². The molecule has 0 spiro atoms. The van der Waals surface area contributed by atoms with Crippen molar-refractivity contribution >= 4 is 5.91 Å². The molecule has 0 aromatic heterocycles. The van der Waals surface area contributed by atoms with Gasteiger partial charge in [0.15, 0.2) is 0 Å². The fraction of sp³-hybridized carbons (Fsp3) is 0.500. The Bertz CT molecular complexity index is 391. The van der Waals surface area contributed by atoms with Gasteiger partial charge in [-0.1, -0.05) is 32.4 Å². The van der Waals surface area contributed by atoms with Gasteiger partial charge < -0.3 is 10.6 Å². The first-order valence-corrected chi connectivity index (χ1v) is 6.20. The van der Waals surface area contributed by atoms with Crippen molar-refractivity contribution in [2.24, 2.45) is 11.7 Å². The van der Waals surface area contributed by atoms with Gasteiger partial charge in [-0.25, -0.2) is 4.39 Å². The van der Waals surface area contributed by atoms with Gasteiger partial charge >= 0.3 is 0 Å². The third kappa shape index (κ3) is 3.81.